The number of ketones is 1. The minimum absolute atomic E-state index is 0.0835. The molecule has 0 saturated carbocycles. The minimum Gasteiger partial charge on any atom is -0.362 e. The number of aryl methyl sites for hydroxylation is 1. The van der Waals surface area contributed by atoms with Crippen LogP contribution in [-0.4, -0.2) is 54.7 Å². The third-order valence-corrected chi connectivity index (χ3v) is 7.35. The summed E-state index contributed by atoms with van der Waals surface area (Å²) in [6, 6.07) is 20.7. The average Bonchev–Trinajstić information content (AvgIpc) is 3.50. The van der Waals surface area contributed by atoms with Crippen LogP contribution in [0.3, 0.4) is 0 Å². The molecule has 3 aromatic heterocycles. The summed E-state index contributed by atoms with van der Waals surface area (Å²) in [7, 11) is 0. The van der Waals surface area contributed by atoms with Gasteiger partial charge < -0.3 is 5.32 Å². The van der Waals surface area contributed by atoms with Gasteiger partial charge in [0.05, 0.1) is 29.7 Å². The Morgan fingerprint density at radius 3 is 2.51 bits per heavy atom. The Balaban J connectivity index is 1.24. The maximum Gasteiger partial charge on any atom is 0.187 e. The first kappa shape index (κ1) is 25.0. The summed E-state index contributed by atoms with van der Waals surface area (Å²) in [5.41, 5.74) is 6.37. The molecular weight excluding hydrogens is 486 g/mol. The van der Waals surface area contributed by atoms with Crippen LogP contribution in [0.2, 0.25) is 0 Å². The van der Waals surface area contributed by atoms with Gasteiger partial charge >= 0.3 is 0 Å². The number of hydrogen-bond acceptors (Lipinski definition) is 6. The molecule has 2 aromatic carbocycles. The van der Waals surface area contributed by atoms with Gasteiger partial charge in [-0.1, -0.05) is 54.8 Å². The molecule has 0 unspecified atom stereocenters. The van der Waals surface area contributed by atoms with E-state index in [9.17, 15) is 4.79 Å². The van der Waals surface area contributed by atoms with Crippen molar-refractivity contribution < 1.29 is 4.79 Å². The van der Waals surface area contributed by atoms with Crippen LogP contribution >= 0.6 is 0 Å². The molecular formula is C31H33N7O. The zero-order valence-electron chi connectivity index (χ0n) is 22.3. The number of rotatable bonds is 8. The van der Waals surface area contributed by atoms with Crippen molar-refractivity contribution in [1.82, 2.24) is 29.3 Å². The van der Waals surface area contributed by atoms with Crippen LogP contribution in [0.5, 0.6) is 0 Å². The van der Waals surface area contributed by atoms with Gasteiger partial charge in [0.25, 0.3) is 0 Å². The average molecular weight is 520 g/mol. The first-order valence-electron chi connectivity index (χ1n) is 13.7. The highest BCUT2D eigenvalue weighted by molar-refractivity contribution is 6.03. The summed E-state index contributed by atoms with van der Waals surface area (Å²) in [5.74, 6) is 0.667. The summed E-state index contributed by atoms with van der Waals surface area (Å²) in [4.78, 5) is 20.0. The fourth-order valence-electron chi connectivity index (χ4n) is 5.15. The Labute approximate surface area is 228 Å². The molecule has 4 heterocycles. The standard InChI is InChI=1S/C31H33N7O/c1-23-7-13-26(14-8-23)38-30(33-21-29(39)27-20-34-37-18-6-15-32-31(27)37)19-28(35-38)25-11-9-24(10-12-25)22-36-16-4-2-3-5-17-36/h6-15,18-20,33H,2-5,16-17,21-22H2,1H3. The zero-order valence-corrected chi connectivity index (χ0v) is 22.3. The van der Waals surface area contributed by atoms with Gasteiger partial charge in [-0.3, -0.25) is 9.69 Å². The maximum atomic E-state index is 13.1. The van der Waals surface area contributed by atoms with Gasteiger partial charge in [-0.25, -0.2) is 14.2 Å². The van der Waals surface area contributed by atoms with Crippen LogP contribution in [0.25, 0.3) is 22.6 Å². The van der Waals surface area contributed by atoms with E-state index >= 15 is 0 Å². The van der Waals surface area contributed by atoms with E-state index in [2.05, 4.69) is 63.6 Å². The molecule has 1 saturated heterocycles. The van der Waals surface area contributed by atoms with Crippen LogP contribution in [0.4, 0.5) is 5.82 Å². The van der Waals surface area contributed by atoms with Gasteiger partial charge in [0, 0.05) is 30.6 Å². The van der Waals surface area contributed by atoms with E-state index in [-0.39, 0.29) is 12.3 Å². The molecule has 6 rings (SSSR count). The van der Waals surface area contributed by atoms with E-state index in [1.54, 1.807) is 29.2 Å². The number of fused-ring (bicyclic) bond motifs is 1. The van der Waals surface area contributed by atoms with Gasteiger partial charge in [-0.2, -0.15) is 10.2 Å². The van der Waals surface area contributed by atoms with Gasteiger partial charge in [-0.05, 0) is 56.6 Å². The number of likely N-dealkylation sites (tertiary alicyclic amines) is 1. The number of Topliss-reactive ketones (excluding diaryl/α,β-unsaturated/α-hetero) is 1. The Morgan fingerprint density at radius 2 is 1.74 bits per heavy atom. The highest BCUT2D eigenvalue weighted by Gasteiger charge is 2.17. The van der Waals surface area contributed by atoms with Crippen molar-refractivity contribution in [2.75, 3.05) is 25.0 Å². The third-order valence-electron chi connectivity index (χ3n) is 7.35. The second-order valence-corrected chi connectivity index (χ2v) is 10.3. The smallest absolute Gasteiger partial charge is 0.187 e. The molecule has 0 aliphatic carbocycles. The fraction of sp³-hybridized carbons (Fsp3) is 0.290. The fourth-order valence-corrected chi connectivity index (χ4v) is 5.15. The Bertz CT molecular complexity index is 1560. The third kappa shape index (κ3) is 5.61. The number of benzene rings is 2. The summed E-state index contributed by atoms with van der Waals surface area (Å²) in [5, 5.41) is 12.5. The lowest BCUT2D eigenvalue weighted by atomic mass is 10.1. The first-order valence-corrected chi connectivity index (χ1v) is 13.7. The molecule has 5 aromatic rings. The van der Waals surface area contributed by atoms with Crippen LogP contribution in [0, 0.1) is 6.92 Å². The molecule has 39 heavy (non-hydrogen) atoms. The Hall–Kier alpha value is -4.30. The van der Waals surface area contributed by atoms with Crippen molar-refractivity contribution in [3.8, 4) is 16.9 Å². The number of aromatic nitrogens is 5. The quantitative estimate of drug-likeness (QED) is 0.270. The van der Waals surface area contributed by atoms with E-state index < -0.39 is 0 Å². The van der Waals surface area contributed by atoms with E-state index in [0.29, 0.717) is 11.2 Å². The lowest BCUT2D eigenvalue weighted by Gasteiger charge is -2.19. The van der Waals surface area contributed by atoms with Crippen LogP contribution in [0.15, 0.2) is 79.3 Å². The van der Waals surface area contributed by atoms with Gasteiger partial charge in [0.15, 0.2) is 11.4 Å². The Morgan fingerprint density at radius 1 is 0.974 bits per heavy atom. The van der Waals surface area contributed by atoms with Crippen molar-refractivity contribution in [2.24, 2.45) is 0 Å². The van der Waals surface area contributed by atoms with E-state index in [1.165, 1.54) is 49.9 Å². The Kier molecular flexibility index (Phi) is 7.19. The summed E-state index contributed by atoms with van der Waals surface area (Å²) < 4.78 is 3.47. The highest BCUT2D eigenvalue weighted by Crippen LogP contribution is 2.26. The summed E-state index contributed by atoms with van der Waals surface area (Å²) in [6.07, 6.45) is 10.3. The molecule has 1 aliphatic rings. The van der Waals surface area contributed by atoms with Gasteiger partial charge in [0.1, 0.15) is 5.82 Å². The van der Waals surface area contributed by atoms with E-state index in [4.69, 9.17) is 5.10 Å². The number of nitrogens with zero attached hydrogens (tertiary/aromatic N) is 6. The SMILES string of the molecule is Cc1ccc(-n2nc(-c3ccc(CN4CCCCCC4)cc3)cc2NCC(=O)c2cnn3cccnc23)cc1. The molecule has 1 N–H and O–H groups in total. The van der Waals surface area contributed by atoms with Gasteiger partial charge in [-0.15, -0.1) is 0 Å². The van der Waals surface area contributed by atoms with Crippen molar-refractivity contribution in [1.29, 1.82) is 0 Å². The molecule has 0 spiro atoms. The molecule has 1 fully saturated rings. The molecule has 198 valence electrons. The molecule has 0 bridgehead atoms. The molecule has 1 aliphatic heterocycles. The van der Waals surface area contributed by atoms with Crippen molar-refractivity contribution in [3.63, 3.8) is 0 Å². The largest absolute Gasteiger partial charge is 0.362 e. The molecule has 0 radical (unpaired) electrons. The topological polar surface area (TPSA) is 80.4 Å². The van der Waals surface area contributed by atoms with Crippen LogP contribution < -0.4 is 5.32 Å². The zero-order chi connectivity index (χ0) is 26.6. The summed E-state index contributed by atoms with van der Waals surface area (Å²) in [6.45, 7) is 5.52. The first-order chi connectivity index (χ1) is 19.1. The van der Waals surface area contributed by atoms with Crippen molar-refractivity contribution in [2.45, 2.75) is 39.2 Å². The normalized spacial score (nSPS) is 14.4. The van der Waals surface area contributed by atoms with Gasteiger partial charge in [0.2, 0.25) is 0 Å². The predicted molar refractivity (Wildman–Crippen MR) is 153 cm³/mol. The number of carbonyl (C=O) groups is 1. The number of carbonyl (C=O) groups excluding carboxylic acids is 1. The lowest BCUT2D eigenvalue weighted by molar-refractivity contribution is 0.101. The summed E-state index contributed by atoms with van der Waals surface area (Å²) >= 11 is 0. The number of hydrogen-bond donors (Lipinski definition) is 1. The number of nitrogens with one attached hydrogen (secondary N) is 1. The molecule has 8 nitrogen and oxygen atoms in total. The van der Waals surface area contributed by atoms with Crippen LogP contribution in [0.1, 0.15) is 47.2 Å². The predicted octanol–water partition coefficient (Wildman–Crippen LogP) is 5.56. The monoisotopic (exact) mass is 519 g/mol. The second kappa shape index (κ2) is 11.2. The van der Waals surface area contributed by atoms with Crippen LogP contribution in [-0.2, 0) is 6.54 Å². The van der Waals surface area contributed by atoms with E-state index in [1.807, 2.05) is 22.9 Å². The second-order valence-electron chi connectivity index (χ2n) is 10.3. The maximum absolute atomic E-state index is 13.1. The molecule has 0 atom stereocenters. The molecule has 0 amide bonds. The number of anilines is 1. The molecule has 8 heteroatoms. The highest BCUT2D eigenvalue weighted by atomic mass is 16.1. The van der Waals surface area contributed by atoms with E-state index in [0.717, 1.165) is 29.3 Å². The van der Waals surface area contributed by atoms with Crippen molar-refractivity contribution in [3.05, 3.63) is 95.9 Å². The van der Waals surface area contributed by atoms with Crippen molar-refractivity contribution >= 4 is 17.2 Å². The minimum atomic E-state index is -0.0835. The lowest BCUT2D eigenvalue weighted by Crippen LogP contribution is -2.23.